The van der Waals surface area contributed by atoms with E-state index >= 15 is 0 Å². The predicted octanol–water partition coefficient (Wildman–Crippen LogP) is 3.30. The first-order valence-corrected chi connectivity index (χ1v) is 12.3. The van der Waals surface area contributed by atoms with Crippen LogP contribution in [0.3, 0.4) is 0 Å². The topological polar surface area (TPSA) is 105 Å². The summed E-state index contributed by atoms with van der Waals surface area (Å²) < 4.78 is 10.8. The van der Waals surface area contributed by atoms with Gasteiger partial charge in [-0.15, -0.1) is 11.8 Å². The highest BCUT2D eigenvalue weighted by Crippen LogP contribution is 2.44. The monoisotopic (exact) mass is 484 g/mol. The molecule has 2 aromatic carbocycles. The molecule has 180 valence electrons. The van der Waals surface area contributed by atoms with Crippen molar-refractivity contribution in [3.05, 3.63) is 59.7 Å². The maximum absolute atomic E-state index is 13.0. The van der Waals surface area contributed by atoms with Crippen molar-refractivity contribution in [3.63, 3.8) is 0 Å². The largest absolute Gasteiger partial charge is 0.480 e. The van der Waals surface area contributed by atoms with Crippen molar-refractivity contribution < 1.29 is 29.0 Å². The summed E-state index contributed by atoms with van der Waals surface area (Å²) in [6, 6.07) is 15.2. The van der Waals surface area contributed by atoms with Gasteiger partial charge < -0.3 is 24.8 Å². The Morgan fingerprint density at radius 2 is 1.74 bits per heavy atom. The Hall–Kier alpha value is -3.04. The van der Waals surface area contributed by atoms with Gasteiger partial charge in [-0.2, -0.15) is 0 Å². The summed E-state index contributed by atoms with van der Waals surface area (Å²) in [6.07, 6.45) is -1.04. The fourth-order valence-electron chi connectivity index (χ4n) is 4.63. The molecule has 1 saturated heterocycles. The molecule has 0 spiro atoms. The van der Waals surface area contributed by atoms with Gasteiger partial charge in [-0.1, -0.05) is 55.5 Å². The summed E-state index contributed by atoms with van der Waals surface area (Å²) in [4.78, 5) is 38.5. The molecule has 1 aliphatic heterocycles. The van der Waals surface area contributed by atoms with E-state index in [1.165, 1.54) is 23.8 Å². The highest BCUT2D eigenvalue weighted by molar-refractivity contribution is 8.00. The molecule has 0 radical (unpaired) electrons. The lowest BCUT2D eigenvalue weighted by Crippen LogP contribution is -2.52. The normalized spacial score (nSPS) is 19.9. The predicted molar refractivity (Wildman–Crippen MR) is 129 cm³/mol. The number of amides is 2. The lowest BCUT2D eigenvalue weighted by Gasteiger charge is -2.30. The van der Waals surface area contributed by atoms with Crippen molar-refractivity contribution in [2.45, 2.75) is 36.8 Å². The van der Waals surface area contributed by atoms with Gasteiger partial charge in [0.1, 0.15) is 12.6 Å². The van der Waals surface area contributed by atoms with Gasteiger partial charge in [0, 0.05) is 18.8 Å². The number of fused-ring (bicyclic) bond motifs is 3. The first kappa shape index (κ1) is 24.1. The minimum absolute atomic E-state index is 0.0683. The quantitative estimate of drug-likeness (QED) is 0.592. The van der Waals surface area contributed by atoms with Gasteiger partial charge in [0.05, 0.1) is 11.9 Å². The smallest absolute Gasteiger partial charge is 0.407 e. The van der Waals surface area contributed by atoms with E-state index in [-0.39, 0.29) is 24.4 Å². The van der Waals surface area contributed by atoms with Crippen LogP contribution in [0.1, 0.15) is 30.4 Å². The van der Waals surface area contributed by atoms with Crippen LogP contribution in [0.15, 0.2) is 48.5 Å². The first-order chi connectivity index (χ1) is 16.5. The third-order valence-corrected chi connectivity index (χ3v) is 7.77. The molecule has 1 heterocycles. The standard InChI is InChI=1S/C25H28N2O6S/c1-3-22-27(20(14-34-22)24(29)30)23(28)21(32-2)12-26-25(31)33-13-19-17-10-6-4-8-15(17)16-9-5-7-11-18(16)19/h4-11,19-22H,3,12-14H2,1-2H3,(H,26,31)(H,29,30). The number of methoxy groups -OCH3 is 1. The molecular weight excluding hydrogens is 456 g/mol. The molecule has 1 aliphatic carbocycles. The minimum atomic E-state index is -1.05. The second-order valence-corrected chi connectivity index (χ2v) is 9.44. The number of nitrogens with zero attached hydrogens (tertiary/aromatic N) is 1. The Kier molecular flexibility index (Phi) is 7.43. The fourth-order valence-corrected chi connectivity index (χ4v) is 5.98. The van der Waals surface area contributed by atoms with Crippen LogP contribution in [0, 0.1) is 0 Å². The molecule has 8 nitrogen and oxygen atoms in total. The summed E-state index contributed by atoms with van der Waals surface area (Å²) in [7, 11) is 1.36. The van der Waals surface area contributed by atoms with Crippen LogP contribution in [0.4, 0.5) is 4.79 Å². The van der Waals surface area contributed by atoms with Gasteiger partial charge in [-0.05, 0) is 28.7 Å². The average molecular weight is 485 g/mol. The molecule has 3 atom stereocenters. The molecule has 3 unspecified atom stereocenters. The summed E-state index contributed by atoms with van der Waals surface area (Å²) >= 11 is 1.44. The van der Waals surface area contributed by atoms with Crippen LogP contribution < -0.4 is 5.32 Å². The van der Waals surface area contributed by atoms with E-state index in [0.29, 0.717) is 12.2 Å². The van der Waals surface area contributed by atoms with Crippen molar-refractivity contribution in [1.29, 1.82) is 0 Å². The van der Waals surface area contributed by atoms with Crippen LogP contribution in [-0.2, 0) is 19.1 Å². The number of aliphatic carboxylic acids is 1. The van der Waals surface area contributed by atoms with Crippen LogP contribution >= 0.6 is 11.8 Å². The number of hydrogen-bond acceptors (Lipinski definition) is 6. The number of benzene rings is 2. The number of carboxylic acid groups (broad SMARTS) is 1. The maximum Gasteiger partial charge on any atom is 0.407 e. The summed E-state index contributed by atoms with van der Waals surface area (Å²) in [6.45, 7) is 1.95. The number of thioether (sulfide) groups is 1. The molecule has 4 rings (SSSR count). The molecule has 2 aromatic rings. The molecular formula is C25H28N2O6S. The average Bonchev–Trinajstić information content (AvgIpc) is 3.42. The second kappa shape index (κ2) is 10.5. The zero-order chi connectivity index (χ0) is 24.2. The zero-order valence-electron chi connectivity index (χ0n) is 19.1. The van der Waals surface area contributed by atoms with Gasteiger partial charge in [0.2, 0.25) is 0 Å². The Labute approximate surface area is 202 Å². The van der Waals surface area contributed by atoms with Crippen LogP contribution in [0.5, 0.6) is 0 Å². The van der Waals surface area contributed by atoms with Crippen molar-refractivity contribution >= 4 is 29.7 Å². The highest BCUT2D eigenvalue weighted by Gasteiger charge is 2.43. The number of carboxylic acids is 1. The van der Waals surface area contributed by atoms with E-state index in [9.17, 15) is 19.5 Å². The Morgan fingerprint density at radius 3 is 2.29 bits per heavy atom. The summed E-state index contributed by atoms with van der Waals surface area (Å²) in [5.74, 6) is -1.24. The summed E-state index contributed by atoms with van der Waals surface area (Å²) in [5, 5.41) is 11.9. The van der Waals surface area contributed by atoms with E-state index in [0.717, 1.165) is 22.3 Å². The van der Waals surface area contributed by atoms with Gasteiger partial charge in [-0.3, -0.25) is 4.79 Å². The molecule has 0 bridgehead atoms. The Morgan fingerprint density at radius 1 is 1.12 bits per heavy atom. The minimum Gasteiger partial charge on any atom is -0.480 e. The van der Waals surface area contributed by atoms with Gasteiger partial charge in [-0.25, -0.2) is 9.59 Å². The van der Waals surface area contributed by atoms with Gasteiger partial charge >= 0.3 is 12.1 Å². The molecule has 34 heavy (non-hydrogen) atoms. The molecule has 1 fully saturated rings. The van der Waals surface area contributed by atoms with Crippen LogP contribution in [-0.4, -0.2) is 71.5 Å². The number of rotatable bonds is 8. The van der Waals surface area contributed by atoms with Crippen molar-refractivity contribution in [3.8, 4) is 11.1 Å². The van der Waals surface area contributed by atoms with E-state index in [1.54, 1.807) is 0 Å². The highest BCUT2D eigenvalue weighted by atomic mass is 32.2. The Bertz CT molecular complexity index is 1030. The van der Waals surface area contributed by atoms with E-state index in [2.05, 4.69) is 17.4 Å². The number of carbonyl (C=O) groups excluding carboxylic acids is 2. The number of nitrogens with one attached hydrogen (secondary N) is 1. The molecule has 2 N–H and O–H groups in total. The molecule has 2 amide bonds. The zero-order valence-corrected chi connectivity index (χ0v) is 19.9. The maximum atomic E-state index is 13.0. The number of hydrogen-bond donors (Lipinski definition) is 2. The van der Waals surface area contributed by atoms with E-state index < -0.39 is 30.1 Å². The molecule has 0 aromatic heterocycles. The third kappa shape index (κ3) is 4.63. The number of alkyl carbamates (subject to hydrolysis) is 1. The van der Waals surface area contributed by atoms with Crippen molar-refractivity contribution in [1.82, 2.24) is 10.2 Å². The first-order valence-electron chi connectivity index (χ1n) is 11.2. The molecule has 9 heteroatoms. The summed E-state index contributed by atoms with van der Waals surface area (Å²) in [5.41, 5.74) is 4.50. The van der Waals surface area contributed by atoms with Crippen molar-refractivity contribution in [2.75, 3.05) is 26.0 Å². The fraction of sp³-hybridized carbons (Fsp3) is 0.400. The van der Waals surface area contributed by atoms with Crippen LogP contribution in [0.25, 0.3) is 11.1 Å². The Balaban J connectivity index is 1.36. The lowest BCUT2D eigenvalue weighted by atomic mass is 9.98. The van der Waals surface area contributed by atoms with E-state index in [4.69, 9.17) is 9.47 Å². The number of carbonyl (C=O) groups is 3. The lowest BCUT2D eigenvalue weighted by molar-refractivity contribution is -0.154. The molecule has 0 saturated carbocycles. The van der Waals surface area contributed by atoms with Crippen molar-refractivity contribution in [2.24, 2.45) is 0 Å². The van der Waals surface area contributed by atoms with Gasteiger partial charge in [0.25, 0.3) is 5.91 Å². The third-order valence-electron chi connectivity index (χ3n) is 6.32. The number of ether oxygens (including phenoxy) is 2. The molecule has 2 aliphatic rings. The second-order valence-electron chi connectivity index (χ2n) is 8.23. The SMILES string of the molecule is CCC1SCC(C(=O)O)N1C(=O)C(CNC(=O)OCC1c2ccccc2-c2ccccc21)OC. The van der Waals surface area contributed by atoms with Crippen LogP contribution in [0.2, 0.25) is 0 Å². The van der Waals surface area contributed by atoms with E-state index in [1.807, 2.05) is 43.3 Å². The van der Waals surface area contributed by atoms with Gasteiger partial charge in [0.15, 0.2) is 6.10 Å².